The summed E-state index contributed by atoms with van der Waals surface area (Å²) in [7, 11) is 1.67. The smallest absolute Gasteiger partial charge is 0.251 e. The number of ether oxygens (including phenoxy) is 1. The first-order chi connectivity index (χ1) is 12.2. The highest BCUT2D eigenvalue weighted by atomic mass is 32.2. The van der Waals surface area contributed by atoms with E-state index >= 15 is 0 Å². The van der Waals surface area contributed by atoms with Crippen LogP contribution in [-0.4, -0.2) is 19.1 Å². The minimum absolute atomic E-state index is 0.0242. The van der Waals surface area contributed by atoms with E-state index in [9.17, 15) is 4.79 Å². The Balaban J connectivity index is 1.70. The molecule has 2 aromatic carbocycles. The molecular formula is C21H25NO2S. The summed E-state index contributed by atoms with van der Waals surface area (Å²) in [6.07, 6.45) is 4.62. The summed E-state index contributed by atoms with van der Waals surface area (Å²) in [5.74, 6) is 1.63. The van der Waals surface area contributed by atoms with Gasteiger partial charge in [0.1, 0.15) is 5.75 Å². The Labute approximate surface area is 154 Å². The molecule has 1 aliphatic carbocycles. The predicted molar refractivity (Wildman–Crippen MR) is 103 cm³/mol. The highest BCUT2D eigenvalue weighted by molar-refractivity contribution is 7.98. The van der Waals surface area contributed by atoms with Crippen molar-refractivity contribution in [1.82, 2.24) is 5.32 Å². The summed E-state index contributed by atoms with van der Waals surface area (Å²) in [5.41, 5.74) is 3.02. The van der Waals surface area contributed by atoms with Crippen LogP contribution in [0.5, 0.6) is 5.75 Å². The molecule has 1 aliphatic rings. The van der Waals surface area contributed by atoms with Crippen LogP contribution in [0.25, 0.3) is 0 Å². The Morgan fingerprint density at radius 1 is 1.16 bits per heavy atom. The number of hydrogen-bond donors (Lipinski definition) is 1. The maximum atomic E-state index is 12.5. The zero-order valence-corrected chi connectivity index (χ0v) is 15.7. The van der Waals surface area contributed by atoms with E-state index in [0.29, 0.717) is 11.6 Å². The molecular weight excluding hydrogens is 330 g/mol. The largest absolute Gasteiger partial charge is 0.496 e. The first-order valence-electron chi connectivity index (χ1n) is 8.83. The van der Waals surface area contributed by atoms with Crippen LogP contribution in [0.15, 0.2) is 47.4 Å². The van der Waals surface area contributed by atoms with Crippen molar-refractivity contribution < 1.29 is 9.53 Å². The van der Waals surface area contributed by atoms with E-state index in [0.717, 1.165) is 29.9 Å². The lowest BCUT2D eigenvalue weighted by Gasteiger charge is -2.14. The minimum atomic E-state index is 0.0242. The van der Waals surface area contributed by atoms with Crippen molar-refractivity contribution in [3.05, 3.63) is 59.2 Å². The molecule has 3 nitrogen and oxygen atoms in total. The molecule has 0 unspecified atom stereocenters. The Kier molecular flexibility index (Phi) is 6.03. The fourth-order valence-electron chi connectivity index (χ4n) is 3.17. The number of carbonyl (C=O) groups excluding carboxylic acids is 1. The highest BCUT2D eigenvalue weighted by Crippen LogP contribution is 2.29. The third-order valence-corrected chi connectivity index (χ3v) is 5.71. The molecule has 4 heteroatoms. The lowest BCUT2D eigenvalue weighted by Crippen LogP contribution is -2.32. The summed E-state index contributed by atoms with van der Waals surface area (Å²) >= 11 is 1.75. The Hall–Kier alpha value is -1.94. The SMILES string of the molecule is COc1ccc(C(=O)NC2CCCC2)cc1CSc1ccc(C)cc1. The number of thioether (sulfide) groups is 1. The predicted octanol–water partition coefficient (Wildman–Crippen LogP) is 4.97. The summed E-state index contributed by atoms with van der Waals surface area (Å²) in [6.45, 7) is 2.09. The van der Waals surface area contributed by atoms with Gasteiger partial charge in [-0.1, -0.05) is 30.5 Å². The molecule has 25 heavy (non-hydrogen) atoms. The van der Waals surface area contributed by atoms with Crippen LogP contribution in [-0.2, 0) is 5.75 Å². The first kappa shape index (κ1) is 17.9. The van der Waals surface area contributed by atoms with Crippen molar-refractivity contribution in [1.29, 1.82) is 0 Å². The van der Waals surface area contributed by atoms with Crippen LogP contribution in [0.3, 0.4) is 0 Å². The van der Waals surface area contributed by atoms with Crippen LogP contribution < -0.4 is 10.1 Å². The number of carbonyl (C=O) groups is 1. The molecule has 0 spiro atoms. The van der Waals surface area contributed by atoms with Crippen molar-refractivity contribution in [2.45, 2.75) is 49.3 Å². The van der Waals surface area contributed by atoms with Crippen molar-refractivity contribution in [3.63, 3.8) is 0 Å². The fraction of sp³-hybridized carbons (Fsp3) is 0.381. The van der Waals surface area contributed by atoms with E-state index in [4.69, 9.17) is 4.74 Å². The van der Waals surface area contributed by atoms with Crippen molar-refractivity contribution in [3.8, 4) is 5.75 Å². The molecule has 1 fully saturated rings. The van der Waals surface area contributed by atoms with Crippen LogP contribution in [0, 0.1) is 6.92 Å². The fourth-order valence-corrected chi connectivity index (χ4v) is 4.04. The van der Waals surface area contributed by atoms with Gasteiger partial charge in [0, 0.05) is 27.8 Å². The number of benzene rings is 2. The Morgan fingerprint density at radius 3 is 2.56 bits per heavy atom. The molecule has 132 valence electrons. The van der Waals surface area contributed by atoms with Gasteiger partial charge in [-0.2, -0.15) is 0 Å². The topological polar surface area (TPSA) is 38.3 Å². The summed E-state index contributed by atoms with van der Waals surface area (Å²) in [5, 5.41) is 3.15. The number of methoxy groups -OCH3 is 1. The molecule has 0 aromatic heterocycles. The Morgan fingerprint density at radius 2 is 1.88 bits per heavy atom. The molecule has 0 saturated heterocycles. The van der Waals surface area contributed by atoms with E-state index in [-0.39, 0.29) is 5.91 Å². The minimum Gasteiger partial charge on any atom is -0.496 e. The molecule has 0 atom stereocenters. The maximum absolute atomic E-state index is 12.5. The molecule has 1 saturated carbocycles. The highest BCUT2D eigenvalue weighted by Gasteiger charge is 2.18. The van der Waals surface area contributed by atoms with Crippen molar-refractivity contribution in [2.75, 3.05) is 7.11 Å². The van der Waals surface area contributed by atoms with Gasteiger partial charge in [0.2, 0.25) is 0 Å². The third kappa shape index (κ3) is 4.79. The number of hydrogen-bond acceptors (Lipinski definition) is 3. The Bertz CT molecular complexity index is 721. The van der Waals surface area contributed by atoms with Gasteiger partial charge in [0.25, 0.3) is 5.91 Å². The molecule has 0 aliphatic heterocycles. The zero-order chi connectivity index (χ0) is 17.6. The normalized spacial score (nSPS) is 14.5. The first-order valence-corrected chi connectivity index (χ1v) is 9.81. The molecule has 3 rings (SSSR count). The molecule has 0 heterocycles. The molecule has 0 radical (unpaired) electrons. The maximum Gasteiger partial charge on any atom is 0.251 e. The van der Waals surface area contributed by atoms with Crippen molar-refractivity contribution in [2.24, 2.45) is 0 Å². The van der Waals surface area contributed by atoms with E-state index in [2.05, 4.69) is 36.5 Å². The average Bonchev–Trinajstić information content (AvgIpc) is 3.14. The van der Waals surface area contributed by atoms with Crippen molar-refractivity contribution >= 4 is 17.7 Å². The summed E-state index contributed by atoms with van der Waals surface area (Å²) in [4.78, 5) is 13.7. The lowest BCUT2D eigenvalue weighted by molar-refractivity contribution is 0.0937. The van der Waals surface area contributed by atoms with Gasteiger partial charge in [0.05, 0.1) is 7.11 Å². The lowest BCUT2D eigenvalue weighted by atomic mass is 10.1. The van der Waals surface area contributed by atoms with Crippen LogP contribution >= 0.6 is 11.8 Å². The van der Waals surface area contributed by atoms with Gasteiger partial charge in [-0.3, -0.25) is 4.79 Å². The molecule has 2 aromatic rings. The summed E-state index contributed by atoms with van der Waals surface area (Å²) in [6, 6.07) is 14.5. The second-order valence-electron chi connectivity index (χ2n) is 6.58. The number of rotatable bonds is 6. The third-order valence-electron chi connectivity index (χ3n) is 4.65. The number of aryl methyl sites for hydroxylation is 1. The van der Waals surface area contributed by atoms with Gasteiger partial charge in [-0.25, -0.2) is 0 Å². The monoisotopic (exact) mass is 355 g/mol. The van der Waals surface area contributed by atoms with Gasteiger partial charge in [0.15, 0.2) is 0 Å². The van der Waals surface area contributed by atoms with E-state index in [1.54, 1.807) is 18.9 Å². The van der Waals surface area contributed by atoms with Crippen LogP contribution in [0.4, 0.5) is 0 Å². The number of nitrogens with one attached hydrogen (secondary N) is 1. The summed E-state index contributed by atoms with van der Waals surface area (Å²) < 4.78 is 5.48. The second-order valence-corrected chi connectivity index (χ2v) is 7.63. The standard InChI is InChI=1S/C21H25NO2S/c1-15-7-10-19(11-8-15)25-14-17-13-16(9-12-20(17)24-2)21(23)22-18-5-3-4-6-18/h7-13,18H,3-6,14H2,1-2H3,(H,22,23). The van der Waals surface area contributed by atoms with E-state index in [1.807, 2.05) is 18.2 Å². The van der Waals surface area contributed by atoms with Gasteiger partial charge in [-0.05, 0) is 50.1 Å². The number of amides is 1. The zero-order valence-electron chi connectivity index (χ0n) is 14.9. The quantitative estimate of drug-likeness (QED) is 0.744. The molecule has 0 bridgehead atoms. The van der Waals surface area contributed by atoms with Gasteiger partial charge < -0.3 is 10.1 Å². The molecule has 1 amide bonds. The second kappa shape index (κ2) is 8.43. The molecule has 1 N–H and O–H groups in total. The van der Waals surface area contributed by atoms with E-state index < -0.39 is 0 Å². The van der Waals surface area contributed by atoms with Gasteiger partial charge in [-0.15, -0.1) is 11.8 Å². The van der Waals surface area contributed by atoms with E-state index in [1.165, 1.54) is 23.3 Å². The van der Waals surface area contributed by atoms with Gasteiger partial charge >= 0.3 is 0 Å². The van der Waals surface area contributed by atoms with Crippen LogP contribution in [0.1, 0.15) is 47.2 Å². The average molecular weight is 356 g/mol. The van der Waals surface area contributed by atoms with Crippen LogP contribution in [0.2, 0.25) is 0 Å².